The van der Waals surface area contributed by atoms with Crippen molar-refractivity contribution < 1.29 is 9.84 Å². The molecule has 6 heteroatoms. The summed E-state index contributed by atoms with van der Waals surface area (Å²) in [6.45, 7) is 5.52. The Bertz CT molecular complexity index is 637. The van der Waals surface area contributed by atoms with Gasteiger partial charge in [0, 0.05) is 6.54 Å². The highest BCUT2D eigenvalue weighted by atomic mass is 32.1. The van der Waals surface area contributed by atoms with Crippen LogP contribution in [0.25, 0.3) is 0 Å². The summed E-state index contributed by atoms with van der Waals surface area (Å²) in [5.41, 5.74) is 1.07. The van der Waals surface area contributed by atoms with Gasteiger partial charge in [0.25, 0.3) is 0 Å². The molecule has 0 fully saturated rings. The molecule has 1 atom stereocenters. The molecule has 2 aromatic rings. The number of aliphatic hydroxyl groups is 1. The molecule has 0 aliphatic carbocycles. The first-order valence-corrected chi connectivity index (χ1v) is 8.89. The zero-order chi connectivity index (χ0) is 17.4. The molecule has 3 N–H and O–H groups in total. The van der Waals surface area contributed by atoms with Crippen molar-refractivity contribution in [3.8, 4) is 5.75 Å². The van der Waals surface area contributed by atoms with Crippen LogP contribution in [0.5, 0.6) is 5.75 Å². The molecule has 0 radical (unpaired) electrons. The summed E-state index contributed by atoms with van der Waals surface area (Å²) in [6, 6.07) is 9.77. The fraction of sp³-hybridized carbons (Fsp3) is 0.389. The Kier molecular flexibility index (Phi) is 6.63. The summed E-state index contributed by atoms with van der Waals surface area (Å²) in [4.78, 5) is 4.57. The van der Waals surface area contributed by atoms with E-state index in [1.807, 2.05) is 48.0 Å². The van der Waals surface area contributed by atoms with Crippen molar-refractivity contribution in [1.29, 1.82) is 0 Å². The smallest absolute Gasteiger partial charge is 0.191 e. The quantitative estimate of drug-likeness (QED) is 0.532. The Hall–Kier alpha value is -2.05. The lowest BCUT2D eigenvalue weighted by Gasteiger charge is -2.24. The van der Waals surface area contributed by atoms with Gasteiger partial charge in [0.05, 0.1) is 20.2 Å². The van der Waals surface area contributed by atoms with Gasteiger partial charge in [-0.2, -0.15) is 11.3 Å². The Morgan fingerprint density at radius 1 is 1.25 bits per heavy atom. The minimum absolute atomic E-state index is 0.387. The molecule has 0 bridgehead atoms. The second kappa shape index (κ2) is 8.70. The van der Waals surface area contributed by atoms with Crippen molar-refractivity contribution in [3.05, 3.63) is 52.2 Å². The molecule has 0 saturated heterocycles. The van der Waals surface area contributed by atoms with Crippen molar-refractivity contribution in [1.82, 2.24) is 10.6 Å². The van der Waals surface area contributed by atoms with E-state index in [-0.39, 0.29) is 0 Å². The van der Waals surface area contributed by atoms with Crippen LogP contribution in [-0.2, 0) is 12.1 Å². The third kappa shape index (κ3) is 5.25. The maximum absolute atomic E-state index is 10.6. The fourth-order valence-electron chi connectivity index (χ4n) is 2.17. The number of aliphatic imine (C=N–C) groups is 1. The third-order valence-corrected chi connectivity index (χ3v) is 4.35. The Labute approximate surface area is 147 Å². The number of hydrogen-bond acceptors (Lipinski definition) is 4. The lowest BCUT2D eigenvalue weighted by atomic mass is 9.99. The van der Waals surface area contributed by atoms with Crippen LogP contribution in [0, 0.1) is 0 Å². The van der Waals surface area contributed by atoms with E-state index >= 15 is 0 Å². The van der Waals surface area contributed by atoms with E-state index in [2.05, 4.69) is 15.6 Å². The molecule has 0 saturated carbocycles. The average molecular weight is 347 g/mol. The Balaban J connectivity index is 1.97. The van der Waals surface area contributed by atoms with Crippen molar-refractivity contribution in [2.45, 2.75) is 26.0 Å². The van der Waals surface area contributed by atoms with Crippen molar-refractivity contribution in [2.75, 3.05) is 20.2 Å². The van der Waals surface area contributed by atoms with Crippen LogP contribution in [0.4, 0.5) is 0 Å². The monoisotopic (exact) mass is 347 g/mol. The predicted molar refractivity (Wildman–Crippen MR) is 99.7 cm³/mol. The summed E-state index contributed by atoms with van der Waals surface area (Å²) in [5.74, 6) is 1.52. The van der Waals surface area contributed by atoms with E-state index in [0.29, 0.717) is 19.0 Å². The van der Waals surface area contributed by atoms with Gasteiger partial charge in [-0.25, -0.2) is 4.99 Å². The Morgan fingerprint density at radius 3 is 2.58 bits per heavy atom. The van der Waals surface area contributed by atoms with Gasteiger partial charge in [-0.05, 0) is 53.9 Å². The van der Waals surface area contributed by atoms with Gasteiger partial charge in [0.1, 0.15) is 11.4 Å². The minimum Gasteiger partial charge on any atom is -0.497 e. The number of nitrogens with one attached hydrogen (secondary N) is 2. The second-order valence-corrected chi connectivity index (χ2v) is 6.46. The highest BCUT2D eigenvalue weighted by Crippen LogP contribution is 2.22. The molecule has 0 aliphatic heterocycles. The van der Waals surface area contributed by atoms with Crippen LogP contribution >= 0.6 is 11.3 Å². The third-order valence-electron chi connectivity index (χ3n) is 3.67. The summed E-state index contributed by atoms with van der Waals surface area (Å²) in [7, 11) is 1.65. The number of nitrogens with zero attached hydrogens (tertiary/aromatic N) is 1. The van der Waals surface area contributed by atoms with Gasteiger partial charge < -0.3 is 20.5 Å². The number of hydrogen-bond donors (Lipinski definition) is 3. The molecule has 0 aliphatic rings. The number of benzene rings is 1. The molecule has 1 aromatic heterocycles. The number of thiophene rings is 1. The molecule has 130 valence electrons. The van der Waals surface area contributed by atoms with Crippen LogP contribution in [0.1, 0.15) is 25.0 Å². The molecule has 5 nitrogen and oxygen atoms in total. The summed E-state index contributed by atoms with van der Waals surface area (Å²) >= 11 is 1.58. The van der Waals surface area contributed by atoms with Gasteiger partial charge in [-0.3, -0.25) is 0 Å². The zero-order valence-corrected chi connectivity index (χ0v) is 15.2. The van der Waals surface area contributed by atoms with Crippen LogP contribution < -0.4 is 15.4 Å². The van der Waals surface area contributed by atoms with Crippen molar-refractivity contribution in [3.63, 3.8) is 0 Å². The summed E-state index contributed by atoms with van der Waals surface area (Å²) in [5, 5.41) is 20.9. The first kappa shape index (κ1) is 18.3. The average Bonchev–Trinajstić information content (AvgIpc) is 3.13. The van der Waals surface area contributed by atoms with E-state index in [9.17, 15) is 5.11 Å². The minimum atomic E-state index is -0.934. The van der Waals surface area contributed by atoms with Crippen molar-refractivity contribution >= 4 is 17.3 Å². The van der Waals surface area contributed by atoms with E-state index in [1.165, 1.54) is 0 Å². The molecule has 2 rings (SSSR count). The maximum atomic E-state index is 10.6. The second-order valence-electron chi connectivity index (χ2n) is 5.68. The molecule has 0 amide bonds. The highest BCUT2D eigenvalue weighted by Gasteiger charge is 2.23. The van der Waals surface area contributed by atoms with E-state index in [0.717, 1.165) is 23.4 Å². The molecule has 1 heterocycles. The normalized spacial score (nSPS) is 14.1. The van der Waals surface area contributed by atoms with Crippen LogP contribution in [-0.4, -0.2) is 31.3 Å². The standard InChI is InChI=1S/C18H25N3O2S/c1-4-19-17(20-11-14-5-7-16(23-3)8-6-14)21-13-18(2,22)15-9-10-24-12-15/h5-10,12,22H,4,11,13H2,1-3H3,(H2,19,20,21). The van der Waals surface area contributed by atoms with Gasteiger partial charge in [-0.1, -0.05) is 12.1 Å². The first-order valence-electron chi connectivity index (χ1n) is 7.95. The van der Waals surface area contributed by atoms with Crippen LogP contribution in [0.2, 0.25) is 0 Å². The van der Waals surface area contributed by atoms with Gasteiger partial charge in [-0.15, -0.1) is 0 Å². The number of ether oxygens (including phenoxy) is 1. The SMILES string of the molecule is CCNC(=NCc1ccc(OC)cc1)NCC(C)(O)c1ccsc1. The molecule has 1 unspecified atom stereocenters. The summed E-state index contributed by atoms with van der Waals surface area (Å²) < 4.78 is 5.16. The number of methoxy groups -OCH3 is 1. The molecular weight excluding hydrogens is 322 g/mol. The van der Waals surface area contributed by atoms with E-state index in [4.69, 9.17) is 4.74 Å². The van der Waals surface area contributed by atoms with Crippen molar-refractivity contribution in [2.24, 2.45) is 4.99 Å². The molecule has 24 heavy (non-hydrogen) atoms. The molecule has 0 spiro atoms. The van der Waals surface area contributed by atoms with E-state index in [1.54, 1.807) is 25.4 Å². The number of rotatable bonds is 7. The lowest BCUT2D eigenvalue weighted by molar-refractivity contribution is 0.0621. The Morgan fingerprint density at radius 2 is 2.00 bits per heavy atom. The molecule has 1 aromatic carbocycles. The van der Waals surface area contributed by atoms with E-state index < -0.39 is 5.60 Å². The largest absolute Gasteiger partial charge is 0.497 e. The molecular formula is C18H25N3O2S. The maximum Gasteiger partial charge on any atom is 0.191 e. The number of guanidine groups is 1. The highest BCUT2D eigenvalue weighted by molar-refractivity contribution is 7.08. The van der Waals surface area contributed by atoms with Gasteiger partial charge >= 0.3 is 0 Å². The first-order chi connectivity index (χ1) is 11.5. The van der Waals surface area contributed by atoms with Gasteiger partial charge in [0.2, 0.25) is 0 Å². The predicted octanol–water partition coefficient (Wildman–Crippen LogP) is 2.72. The van der Waals surface area contributed by atoms with Crippen LogP contribution in [0.3, 0.4) is 0 Å². The summed E-state index contributed by atoms with van der Waals surface area (Å²) in [6.07, 6.45) is 0. The lowest BCUT2D eigenvalue weighted by Crippen LogP contribution is -2.44. The fourth-order valence-corrected chi connectivity index (χ4v) is 2.95. The van der Waals surface area contributed by atoms with Gasteiger partial charge in [0.15, 0.2) is 5.96 Å². The van der Waals surface area contributed by atoms with Crippen LogP contribution in [0.15, 0.2) is 46.1 Å². The zero-order valence-electron chi connectivity index (χ0n) is 14.4. The topological polar surface area (TPSA) is 65.9 Å².